The maximum atomic E-state index is 14.3. The van der Waals surface area contributed by atoms with Crippen LogP contribution in [0.1, 0.15) is 24.1 Å². The van der Waals surface area contributed by atoms with E-state index in [2.05, 4.69) is 16.0 Å². The van der Waals surface area contributed by atoms with Crippen LogP contribution < -0.4 is 16.0 Å². The molecule has 128 valence electrons. The lowest BCUT2D eigenvalue weighted by Crippen LogP contribution is -2.47. The number of hydrogen-bond acceptors (Lipinski definition) is 2. The van der Waals surface area contributed by atoms with Gasteiger partial charge in [-0.05, 0) is 30.8 Å². The average molecular weight is 355 g/mol. The number of benzene rings is 2. The molecule has 0 saturated heterocycles. The predicted octanol–water partition coefficient (Wildman–Crippen LogP) is 2.93. The van der Waals surface area contributed by atoms with Crippen molar-refractivity contribution in [2.45, 2.75) is 19.5 Å². The highest BCUT2D eigenvalue weighted by molar-refractivity contribution is 7.80. The van der Waals surface area contributed by atoms with E-state index in [1.165, 1.54) is 6.07 Å². The summed E-state index contributed by atoms with van der Waals surface area (Å²) in [6.07, 6.45) is 0. The number of carbonyl (C=O) groups excluding carboxylic acids is 1. The zero-order valence-electron chi connectivity index (χ0n) is 13.7. The molecule has 0 unspecified atom stereocenters. The Morgan fingerprint density at radius 3 is 2.56 bits per heavy atom. The minimum Gasteiger partial charge on any atom is -0.351 e. The first kappa shape index (κ1) is 17.1. The first-order valence-electron chi connectivity index (χ1n) is 7.91. The molecule has 2 aromatic carbocycles. The number of halogens is 1. The standard InChI is InChI=1S/C19H18FN3OS/c1-12-16(18(24)21-11-13-7-3-2-4-8-13)17(23-19(25)22-12)14-9-5-6-10-15(14)20/h2-10,17H,11H2,1H3,(H,21,24)(H2,22,23,25)/t17-/m0/s1. The summed E-state index contributed by atoms with van der Waals surface area (Å²) in [5, 5.41) is 9.20. The molecule has 1 aliphatic rings. The van der Waals surface area contributed by atoms with Crippen LogP contribution in [0.4, 0.5) is 4.39 Å². The molecule has 1 amide bonds. The molecule has 4 nitrogen and oxygen atoms in total. The molecule has 3 rings (SSSR count). The number of carbonyl (C=O) groups is 1. The van der Waals surface area contributed by atoms with Crippen molar-refractivity contribution in [3.8, 4) is 0 Å². The summed E-state index contributed by atoms with van der Waals surface area (Å²) in [6, 6.07) is 15.4. The van der Waals surface area contributed by atoms with E-state index >= 15 is 0 Å². The zero-order chi connectivity index (χ0) is 17.8. The third-order valence-electron chi connectivity index (χ3n) is 4.03. The lowest BCUT2D eigenvalue weighted by atomic mass is 9.94. The predicted molar refractivity (Wildman–Crippen MR) is 99.0 cm³/mol. The smallest absolute Gasteiger partial charge is 0.251 e. The third kappa shape index (κ3) is 3.85. The molecule has 25 heavy (non-hydrogen) atoms. The maximum absolute atomic E-state index is 14.3. The van der Waals surface area contributed by atoms with Gasteiger partial charge in [-0.25, -0.2) is 4.39 Å². The lowest BCUT2D eigenvalue weighted by Gasteiger charge is -2.30. The van der Waals surface area contributed by atoms with Crippen molar-refractivity contribution in [3.63, 3.8) is 0 Å². The molecule has 0 saturated carbocycles. The Labute approximate surface area is 151 Å². The second-order valence-electron chi connectivity index (χ2n) is 5.76. The van der Waals surface area contributed by atoms with E-state index < -0.39 is 6.04 Å². The largest absolute Gasteiger partial charge is 0.351 e. The van der Waals surface area contributed by atoms with Crippen molar-refractivity contribution in [2.75, 3.05) is 0 Å². The van der Waals surface area contributed by atoms with Crippen molar-refractivity contribution in [1.82, 2.24) is 16.0 Å². The molecular formula is C19H18FN3OS. The minimum atomic E-state index is -0.634. The van der Waals surface area contributed by atoms with Crippen LogP contribution in [-0.2, 0) is 11.3 Å². The summed E-state index contributed by atoms with van der Waals surface area (Å²) < 4.78 is 14.3. The van der Waals surface area contributed by atoms with E-state index in [0.717, 1.165) is 5.56 Å². The first-order chi connectivity index (χ1) is 12.1. The molecule has 0 bridgehead atoms. The molecular weight excluding hydrogens is 337 g/mol. The van der Waals surface area contributed by atoms with Crippen LogP contribution in [0.15, 0.2) is 65.9 Å². The highest BCUT2D eigenvalue weighted by Crippen LogP contribution is 2.28. The van der Waals surface area contributed by atoms with Gasteiger partial charge in [0.25, 0.3) is 5.91 Å². The molecule has 0 spiro atoms. The number of amides is 1. The fourth-order valence-electron chi connectivity index (χ4n) is 2.81. The molecule has 1 aliphatic heterocycles. The fraction of sp³-hybridized carbons (Fsp3) is 0.158. The van der Waals surface area contributed by atoms with E-state index in [1.54, 1.807) is 25.1 Å². The summed E-state index contributed by atoms with van der Waals surface area (Å²) in [4.78, 5) is 12.8. The van der Waals surface area contributed by atoms with Crippen LogP contribution in [0.3, 0.4) is 0 Å². The minimum absolute atomic E-state index is 0.267. The average Bonchev–Trinajstić information content (AvgIpc) is 2.60. The Hall–Kier alpha value is -2.73. The summed E-state index contributed by atoms with van der Waals surface area (Å²) in [6.45, 7) is 2.16. The van der Waals surface area contributed by atoms with Gasteiger partial charge in [0.15, 0.2) is 5.11 Å². The summed E-state index contributed by atoms with van der Waals surface area (Å²) in [7, 11) is 0. The second-order valence-corrected chi connectivity index (χ2v) is 6.17. The molecule has 1 atom stereocenters. The lowest BCUT2D eigenvalue weighted by molar-refractivity contribution is -0.118. The SMILES string of the molecule is CC1=C(C(=O)NCc2ccccc2)[C@H](c2ccccc2F)NC(=S)N1. The van der Waals surface area contributed by atoms with Crippen LogP contribution in [-0.4, -0.2) is 11.0 Å². The molecule has 0 aromatic heterocycles. The van der Waals surface area contributed by atoms with Crippen molar-refractivity contribution < 1.29 is 9.18 Å². The number of thiocarbonyl (C=S) groups is 1. The van der Waals surface area contributed by atoms with E-state index in [1.807, 2.05) is 30.3 Å². The number of hydrogen-bond donors (Lipinski definition) is 3. The van der Waals surface area contributed by atoms with Gasteiger partial charge >= 0.3 is 0 Å². The molecule has 0 radical (unpaired) electrons. The normalized spacial score (nSPS) is 16.9. The topological polar surface area (TPSA) is 53.2 Å². The maximum Gasteiger partial charge on any atom is 0.251 e. The molecule has 3 N–H and O–H groups in total. The summed E-state index contributed by atoms with van der Waals surface area (Å²) in [5.74, 6) is -0.650. The van der Waals surface area contributed by atoms with Crippen LogP contribution in [0.25, 0.3) is 0 Å². The Morgan fingerprint density at radius 2 is 1.84 bits per heavy atom. The van der Waals surface area contributed by atoms with E-state index in [9.17, 15) is 9.18 Å². The molecule has 2 aromatic rings. The van der Waals surface area contributed by atoms with E-state index in [0.29, 0.717) is 28.5 Å². The monoisotopic (exact) mass is 355 g/mol. The van der Waals surface area contributed by atoms with E-state index in [-0.39, 0.29) is 11.7 Å². The van der Waals surface area contributed by atoms with Crippen LogP contribution in [0.5, 0.6) is 0 Å². The molecule has 6 heteroatoms. The van der Waals surface area contributed by atoms with Gasteiger partial charge in [-0.3, -0.25) is 4.79 Å². The Kier molecular flexibility index (Phi) is 5.09. The summed E-state index contributed by atoms with van der Waals surface area (Å²) in [5.41, 5.74) is 2.41. The highest BCUT2D eigenvalue weighted by Gasteiger charge is 2.31. The van der Waals surface area contributed by atoms with Crippen LogP contribution in [0, 0.1) is 5.82 Å². The van der Waals surface area contributed by atoms with Gasteiger partial charge in [-0.1, -0.05) is 48.5 Å². The summed E-state index contributed by atoms with van der Waals surface area (Å²) >= 11 is 5.17. The Balaban J connectivity index is 1.87. The molecule has 1 heterocycles. The van der Waals surface area contributed by atoms with Gasteiger partial charge in [-0.15, -0.1) is 0 Å². The number of rotatable bonds is 4. The van der Waals surface area contributed by atoms with Crippen molar-refractivity contribution in [2.24, 2.45) is 0 Å². The van der Waals surface area contributed by atoms with Crippen molar-refractivity contribution in [3.05, 3.63) is 82.8 Å². The third-order valence-corrected chi connectivity index (χ3v) is 4.25. The van der Waals surface area contributed by atoms with Crippen LogP contribution in [0.2, 0.25) is 0 Å². The van der Waals surface area contributed by atoms with Gasteiger partial charge in [-0.2, -0.15) is 0 Å². The molecule has 0 fully saturated rings. The van der Waals surface area contributed by atoms with E-state index in [4.69, 9.17) is 12.2 Å². The van der Waals surface area contributed by atoms with Crippen LogP contribution >= 0.6 is 12.2 Å². The first-order valence-corrected chi connectivity index (χ1v) is 8.32. The van der Waals surface area contributed by atoms with Crippen molar-refractivity contribution >= 4 is 23.2 Å². The van der Waals surface area contributed by atoms with Gasteiger partial charge in [0, 0.05) is 17.8 Å². The van der Waals surface area contributed by atoms with Gasteiger partial charge in [0.2, 0.25) is 0 Å². The quantitative estimate of drug-likeness (QED) is 0.738. The van der Waals surface area contributed by atoms with Gasteiger partial charge < -0.3 is 16.0 Å². The number of allylic oxidation sites excluding steroid dienone is 1. The Morgan fingerprint density at radius 1 is 1.16 bits per heavy atom. The highest BCUT2D eigenvalue weighted by atomic mass is 32.1. The Bertz CT molecular complexity index is 836. The second kappa shape index (κ2) is 7.44. The van der Waals surface area contributed by atoms with Gasteiger partial charge in [0.1, 0.15) is 5.82 Å². The van der Waals surface area contributed by atoms with Crippen molar-refractivity contribution in [1.29, 1.82) is 0 Å². The van der Waals surface area contributed by atoms with Gasteiger partial charge in [0.05, 0.1) is 11.6 Å². The molecule has 0 aliphatic carbocycles. The fourth-order valence-corrected chi connectivity index (χ4v) is 3.08. The zero-order valence-corrected chi connectivity index (χ0v) is 14.5. The number of nitrogens with one attached hydrogen (secondary N) is 3.